The van der Waals surface area contributed by atoms with Crippen LogP contribution in [0.4, 0.5) is 5.69 Å². The zero-order valence-corrected chi connectivity index (χ0v) is 15.2. The first-order valence-corrected chi connectivity index (χ1v) is 9.80. The Morgan fingerprint density at radius 1 is 1.04 bits per heavy atom. The van der Waals surface area contributed by atoms with E-state index in [9.17, 15) is 4.79 Å². The molecule has 0 unspecified atom stereocenters. The molecule has 2 aliphatic rings. The summed E-state index contributed by atoms with van der Waals surface area (Å²) in [6, 6.07) is 7.42. The molecule has 1 heterocycles. The van der Waals surface area contributed by atoms with Gasteiger partial charge in [-0.15, -0.1) is 0 Å². The molecule has 4 nitrogen and oxygen atoms in total. The predicted octanol–water partition coefficient (Wildman–Crippen LogP) is 0.642. The summed E-state index contributed by atoms with van der Waals surface area (Å²) in [5.41, 5.74) is 0.713. The molecule has 1 amide bonds. The van der Waals surface area contributed by atoms with Crippen molar-refractivity contribution in [3.05, 3.63) is 29.3 Å². The fourth-order valence-electron chi connectivity index (χ4n) is 4.12. The van der Waals surface area contributed by atoms with E-state index in [2.05, 4.69) is 5.32 Å². The normalized spacial score (nSPS) is 25.4. The Balaban J connectivity index is 1.38. The lowest BCUT2D eigenvalue weighted by Crippen LogP contribution is -3.28. The molecular weight excluding hydrogens is 322 g/mol. The van der Waals surface area contributed by atoms with Crippen molar-refractivity contribution >= 4 is 23.2 Å². The summed E-state index contributed by atoms with van der Waals surface area (Å²) >= 11 is 6.10. The molecule has 1 aliphatic heterocycles. The zero-order valence-electron chi connectivity index (χ0n) is 14.5. The predicted molar refractivity (Wildman–Crippen MR) is 97.8 cm³/mol. The van der Waals surface area contributed by atoms with E-state index in [4.69, 9.17) is 11.6 Å². The molecule has 132 valence electrons. The van der Waals surface area contributed by atoms with Crippen molar-refractivity contribution in [2.75, 3.05) is 44.6 Å². The number of rotatable bonds is 5. The van der Waals surface area contributed by atoms with E-state index in [1.165, 1.54) is 56.6 Å². The van der Waals surface area contributed by atoms with Crippen LogP contribution in [0.3, 0.4) is 0 Å². The van der Waals surface area contributed by atoms with Crippen molar-refractivity contribution in [3.8, 4) is 0 Å². The number of benzene rings is 1. The summed E-state index contributed by atoms with van der Waals surface area (Å²) in [4.78, 5) is 15.4. The Labute approximate surface area is 150 Å². The number of hydrogen-bond acceptors (Lipinski definition) is 1. The summed E-state index contributed by atoms with van der Waals surface area (Å²) in [6.07, 6.45) is 7.15. The number of para-hydroxylation sites is 1. The summed E-state index contributed by atoms with van der Waals surface area (Å²) in [6.45, 7) is 6.48. The first-order valence-electron chi connectivity index (χ1n) is 9.42. The largest absolute Gasteiger partial charge is 0.325 e. The van der Waals surface area contributed by atoms with Crippen LogP contribution < -0.4 is 15.1 Å². The van der Waals surface area contributed by atoms with E-state index in [0.29, 0.717) is 17.3 Å². The molecule has 24 heavy (non-hydrogen) atoms. The van der Waals surface area contributed by atoms with E-state index in [1.807, 2.05) is 18.2 Å². The summed E-state index contributed by atoms with van der Waals surface area (Å²) in [7, 11) is 0. The Morgan fingerprint density at radius 3 is 2.42 bits per heavy atom. The number of amides is 1. The molecule has 0 radical (unpaired) electrons. The Morgan fingerprint density at radius 2 is 1.71 bits per heavy atom. The minimum Gasteiger partial charge on any atom is -0.325 e. The number of anilines is 1. The molecule has 1 aromatic rings. The number of hydrogen-bond donors (Lipinski definition) is 3. The molecule has 0 aromatic heterocycles. The van der Waals surface area contributed by atoms with Gasteiger partial charge in [-0.25, -0.2) is 0 Å². The fraction of sp³-hybridized carbons (Fsp3) is 0.632. The second-order valence-corrected chi connectivity index (χ2v) is 7.82. The maximum atomic E-state index is 12.2. The van der Waals surface area contributed by atoms with Crippen LogP contribution in [-0.4, -0.2) is 45.2 Å². The zero-order chi connectivity index (χ0) is 16.8. The van der Waals surface area contributed by atoms with Crippen LogP contribution in [-0.2, 0) is 4.79 Å². The van der Waals surface area contributed by atoms with Gasteiger partial charge in [0.1, 0.15) is 26.2 Å². The molecule has 0 spiro atoms. The molecule has 0 bridgehead atoms. The van der Waals surface area contributed by atoms with Gasteiger partial charge in [-0.3, -0.25) is 4.79 Å². The highest BCUT2D eigenvalue weighted by molar-refractivity contribution is 6.33. The average molecular weight is 352 g/mol. The number of piperazine rings is 1. The van der Waals surface area contributed by atoms with Crippen molar-refractivity contribution in [2.24, 2.45) is 5.92 Å². The Kier molecular flexibility index (Phi) is 6.52. The lowest BCUT2D eigenvalue weighted by molar-refractivity contribution is -1.01. The molecule has 5 heteroatoms. The van der Waals surface area contributed by atoms with Gasteiger partial charge in [-0.2, -0.15) is 0 Å². The van der Waals surface area contributed by atoms with Crippen LogP contribution in [0.5, 0.6) is 0 Å². The van der Waals surface area contributed by atoms with E-state index in [-0.39, 0.29) is 5.91 Å². The Bertz CT molecular complexity index is 537. The highest BCUT2D eigenvalue weighted by atomic mass is 35.5. The van der Waals surface area contributed by atoms with E-state index in [1.54, 1.807) is 11.0 Å². The number of quaternary nitrogens is 2. The standard InChI is InChI=1S/C19H28ClN3O/c20-17-8-4-5-9-18(17)21-19(24)15-23-12-10-22(11-13-23)14-16-6-2-1-3-7-16/h4-5,8-9,16H,1-3,6-7,10-15H2,(H,21,24)/p+2. The lowest BCUT2D eigenvalue weighted by Gasteiger charge is -2.32. The van der Waals surface area contributed by atoms with Gasteiger partial charge in [0.05, 0.1) is 17.3 Å². The van der Waals surface area contributed by atoms with Crippen molar-refractivity contribution in [1.82, 2.24) is 0 Å². The molecule has 0 atom stereocenters. The first kappa shape index (κ1) is 17.7. The number of nitrogens with one attached hydrogen (secondary N) is 3. The number of carbonyl (C=O) groups is 1. The van der Waals surface area contributed by atoms with Gasteiger partial charge in [0, 0.05) is 5.92 Å². The highest BCUT2D eigenvalue weighted by Gasteiger charge is 2.27. The second kappa shape index (κ2) is 8.84. The molecule has 3 rings (SSSR count). The monoisotopic (exact) mass is 351 g/mol. The van der Waals surface area contributed by atoms with E-state index >= 15 is 0 Å². The third kappa shape index (κ3) is 5.20. The smallest absolute Gasteiger partial charge is 0.279 e. The van der Waals surface area contributed by atoms with Gasteiger partial charge in [0.25, 0.3) is 5.91 Å². The summed E-state index contributed by atoms with van der Waals surface area (Å²) in [5, 5.41) is 3.54. The summed E-state index contributed by atoms with van der Waals surface area (Å²) < 4.78 is 0. The lowest BCUT2D eigenvalue weighted by atomic mass is 9.89. The van der Waals surface area contributed by atoms with Crippen molar-refractivity contribution < 1.29 is 14.6 Å². The molecule has 1 saturated heterocycles. The minimum absolute atomic E-state index is 0.0637. The van der Waals surface area contributed by atoms with Gasteiger partial charge in [0.15, 0.2) is 6.54 Å². The van der Waals surface area contributed by atoms with Crippen LogP contribution >= 0.6 is 11.6 Å². The topological polar surface area (TPSA) is 38.0 Å². The van der Waals surface area contributed by atoms with Gasteiger partial charge >= 0.3 is 0 Å². The first-order chi connectivity index (χ1) is 11.7. The number of carbonyl (C=O) groups excluding carboxylic acids is 1. The molecule has 1 aromatic carbocycles. The molecule has 2 fully saturated rings. The van der Waals surface area contributed by atoms with Crippen LogP contribution in [0.2, 0.25) is 5.02 Å². The Hall–Kier alpha value is -1.10. The van der Waals surface area contributed by atoms with Gasteiger partial charge in [-0.1, -0.05) is 43.0 Å². The SMILES string of the molecule is O=C(C[NH+]1CC[NH+](CC2CCCCC2)CC1)Nc1ccccc1Cl. The van der Waals surface area contributed by atoms with Crippen LogP contribution in [0.25, 0.3) is 0 Å². The third-order valence-electron chi connectivity index (χ3n) is 5.52. The van der Waals surface area contributed by atoms with Crippen LogP contribution in [0.1, 0.15) is 32.1 Å². The van der Waals surface area contributed by atoms with Crippen LogP contribution in [0.15, 0.2) is 24.3 Å². The fourth-order valence-corrected chi connectivity index (χ4v) is 4.30. The number of halogens is 1. The maximum Gasteiger partial charge on any atom is 0.279 e. The average Bonchev–Trinajstić information content (AvgIpc) is 2.60. The van der Waals surface area contributed by atoms with Crippen molar-refractivity contribution in [3.63, 3.8) is 0 Å². The minimum atomic E-state index is 0.0637. The van der Waals surface area contributed by atoms with Gasteiger partial charge in [0.2, 0.25) is 0 Å². The van der Waals surface area contributed by atoms with Gasteiger partial charge in [-0.05, 0) is 25.0 Å². The van der Waals surface area contributed by atoms with Crippen LogP contribution in [0, 0.1) is 5.92 Å². The third-order valence-corrected chi connectivity index (χ3v) is 5.85. The highest BCUT2D eigenvalue weighted by Crippen LogP contribution is 2.22. The van der Waals surface area contributed by atoms with Gasteiger partial charge < -0.3 is 15.1 Å². The van der Waals surface area contributed by atoms with E-state index < -0.39 is 0 Å². The second-order valence-electron chi connectivity index (χ2n) is 7.41. The molecule has 3 N–H and O–H groups in total. The quantitative estimate of drug-likeness (QED) is 0.715. The molecule has 1 saturated carbocycles. The summed E-state index contributed by atoms with van der Waals surface area (Å²) in [5.74, 6) is 1.01. The van der Waals surface area contributed by atoms with Crippen molar-refractivity contribution in [2.45, 2.75) is 32.1 Å². The van der Waals surface area contributed by atoms with Crippen molar-refractivity contribution in [1.29, 1.82) is 0 Å². The maximum absolute atomic E-state index is 12.2. The van der Waals surface area contributed by atoms with E-state index in [0.717, 1.165) is 19.0 Å². The molecular formula is C19H30ClN3O+2. The molecule has 1 aliphatic carbocycles.